The molecule has 3 aromatic heterocycles. The molecule has 292 valence electrons. The third-order valence-electron chi connectivity index (χ3n) is 13.4. The summed E-state index contributed by atoms with van der Waals surface area (Å²) in [6.07, 6.45) is 3.74. The van der Waals surface area contributed by atoms with Crippen LogP contribution in [0.25, 0.3) is 98.9 Å². The normalized spacial score (nSPS) is 12.9. The predicted molar refractivity (Wildman–Crippen MR) is 261 cm³/mol. The molecule has 0 fully saturated rings. The molecule has 0 aliphatic heterocycles. The first-order chi connectivity index (χ1) is 31.2. The van der Waals surface area contributed by atoms with Gasteiger partial charge in [0.25, 0.3) is 0 Å². The molecule has 0 bridgehead atoms. The molecule has 3 heteroatoms. The third kappa shape index (κ3) is 5.36. The van der Waals surface area contributed by atoms with Crippen LogP contribution in [0.3, 0.4) is 0 Å². The van der Waals surface area contributed by atoms with Crippen LogP contribution < -0.4 is 0 Å². The minimum atomic E-state index is -0.484. The Balaban J connectivity index is 0.959. The Morgan fingerprint density at radius 1 is 0.317 bits per heavy atom. The van der Waals surface area contributed by atoms with Gasteiger partial charge in [-0.25, -0.2) is 4.98 Å². The van der Waals surface area contributed by atoms with E-state index < -0.39 is 5.41 Å². The lowest BCUT2D eigenvalue weighted by atomic mass is 9.67. The van der Waals surface area contributed by atoms with Gasteiger partial charge < -0.3 is 0 Å². The Hall–Kier alpha value is -8.27. The van der Waals surface area contributed by atoms with Crippen molar-refractivity contribution < 1.29 is 0 Å². The van der Waals surface area contributed by atoms with Crippen molar-refractivity contribution in [3.8, 4) is 44.6 Å². The topological polar surface area (TPSA) is 38.7 Å². The van der Waals surface area contributed by atoms with Crippen molar-refractivity contribution in [1.29, 1.82) is 0 Å². The number of para-hydroxylation sites is 1. The first kappa shape index (κ1) is 35.5. The fourth-order valence-electron chi connectivity index (χ4n) is 10.6. The van der Waals surface area contributed by atoms with Gasteiger partial charge in [0.05, 0.1) is 27.7 Å². The molecule has 3 heterocycles. The molecule has 63 heavy (non-hydrogen) atoms. The van der Waals surface area contributed by atoms with E-state index in [0.717, 1.165) is 66.0 Å². The van der Waals surface area contributed by atoms with Gasteiger partial charge in [0.1, 0.15) is 0 Å². The van der Waals surface area contributed by atoms with E-state index in [0.29, 0.717) is 0 Å². The van der Waals surface area contributed by atoms with Crippen LogP contribution in [0, 0.1) is 0 Å². The van der Waals surface area contributed by atoms with Crippen molar-refractivity contribution >= 4 is 54.3 Å². The molecular weight excluding hydrogens is 763 g/mol. The summed E-state index contributed by atoms with van der Waals surface area (Å²) >= 11 is 0. The number of hydrogen-bond donors (Lipinski definition) is 0. The minimum Gasteiger partial charge on any atom is -0.254 e. The summed E-state index contributed by atoms with van der Waals surface area (Å²) in [5.41, 5.74) is 16.7. The first-order valence-corrected chi connectivity index (χ1v) is 21.6. The maximum atomic E-state index is 5.46. The molecule has 0 saturated heterocycles. The van der Waals surface area contributed by atoms with E-state index in [2.05, 4.69) is 211 Å². The predicted octanol–water partition coefficient (Wildman–Crippen LogP) is 15.0. The lowest BCUT2D eigenvalue weighted by Crippen LogP contribution is -2.28. The Morgan fingerprint density at radius 3 is 1.84 bits per heavy atom. The highest BCUT2D eigenvalue weighted by Gasteiger charge is 2.46. The SMILES string of the molecule is c1ccc(C2(c3ccccc3)c3ccccc3-c3cc4c(-c5cccc(-c6ccc7cc(-c8ccnc9c8ccc8cccnc89)ccc7c6)c5)nc5ccccc5c4cc32)cc1. The highest BCUT2D eigenvalue weighted by atomic mass is 14.7. The average Bonchev–Trinajstić information content (AvgIpc) is 3.65. The van der Waals surface area contributed by atoms with Crippen molar-refractivity contribution in [2.45, 2.75) is 5.41 Å². The zero-order valence-electron chi connectivity index (χ0n) is 34.2. The van der Waals surface area contributed by atoms with Crippen molar-refractivity contribution in [3.63, 3.8) is 0 Å². The van der Waals surface area contributed by atoms with Crippen LogP contribution in [0.5, 0.6) is 0 Å². The van der Waals surface area contributed by atoms with Crippen LogP contribution in [0.4, 0.5) is 0 Å². The molecule has 1 aliphatic rings. The van der Waals surface area contributed by atoms with Crippen LogP contribution in [-0.2, 0) is 5.41 Å². The molecule has 3 nitrogen and oxygen atoms in total. The Morgan fingerprint density at radius 2 is 1.00 bits per heavy atom. The molecule has 0 spiro atoms. The summed E-state index contributed by atoms with van der Waals surface area (Å²) in [5, 5.41) is 8.08. The number of pyridine rings is 3. The molecule has 13 rings (SSSR count). The molecule has 0 atom stereocenters. The number of nitrogens with zero attached hydrogens (tertiary/aromatic N) is 3. The number of hydrogen-bond acceptors (Lipinski definition) is 3. The lowest BCUT2D eigenvalue weighted by molar-refractivity contribution is 0.769. The monoisotopic (exact) mass is 799 g/mol. The van der Waals surface area contributed by atoms with E-state index in [1.807, 2.05) is 18.5 Å². The lowest BCUT2D eigenvalue weighted by Gasteiger charge is -2.34. The van der Waals surface area contributed by atoms with E-state index in [1.54, 1.807) is 0 Å². The Labute approximate surface area is 364 Å². The van der Waals surface area contributed by atoms with Gasteiger partial charge in [0, 0.05) is 39.5 Å². The van der Waals surface area contributed by atoms with Crippen molar-refractivity contribution in [3.05, 3.63) is 247 Å². The van der Waals surface area contributed by atoms with Crippen molar-refractivity contribution in [1.82, 2.24) is 15.0 Å². The van der Waals surface area contributed by atoms with Gasteiger partial charge in [-0.05, 0) is 120 Å². The van der Waals surface area contributed by atoms with Gasteiger partial charge in [-0.3, -0.25) is 9.97 Å². The molecular formula is C60H37N3. The third-order valence-corrected chi connectivity index (χ3v) is 13.4. The standard InChI is InChI=1S/C60H37N3/c1-3-16-45(17-4-1)60(46-18-5-2-6-19-46)54-22-9-7-20-48(54)52-36-53-51(37-55(52)60)49-21-8-10-23-56(49)63-57(53)44-14-11-13-39(35-44)40-24-25-42-34-43(27-26-41(42)33-40)47-30-32-62-59-50(47)29-28-38-15-12-31-61-58(38)59/h1-37H. The second kappa shape index (κ2) is 13.9. The van der Waals surface area contributed by atoms with Crippen molar-refractivity contribution in [2.24, 2.45) is 0 Å². The van der Waals surface area contributed by atoms with Crippen LogP contribution in [0.1, 0.15) is 22.3 Å². The van der Waals surface area contributed by atoms with Gasteiger partial charge >= 0.3 is 0 Å². The van der Waals surface area contributed by atoms with E-state index in [1.165, 1.54) is 55.1 Å². The average molecular weight is 800 g/mol. The first-order valence-electron chi connectivity index (χ1n) is 21.6. The molecule has 0 N–H and O–H groups in total. The van der Waals surface area contributed by atoms with Crippen LogP contribution in [-0.4, -0.2) is 15.0 Å². The van der Waals surface area contributed by atoms with E-state index in [4.69, 9.17) is 9.97 Å². The molecule has 0 amide bonds. The Bertz CT molecular complexity index is 3760. The van der Waals surface area contributed by atoms with Gasteiger partial charge in [0.2, 0.25) is 0 Å². The second-order valence-corrected chi connectivity index (χ2v) is 16.7. The summed E-state index contributed by atoms with van der Waals surface area (Å²) in [6, 6.07) is 77.5. The largest absolute Gasteiger partial charge is 0.254 e. The van der Waals surface area contributed by atoms with E-state index in [9.17, 15) is 0 Å². The highest BCUT2D eigenvalue weighted by Crippen LogP contribution is 2.57. The number of aromatic nitrogens is 3. The summed E-state index contributed by atoms with van der Waals surface area (Å²) in [5.74, 6) is 0. The molecule has 0 radical (unpaired) electrons. The quantitative estimate of drug-likeness (QED) is 0.163. The highest BCUT2D eigenvalue weighted by molar-refractivity contribution is 6.14. The number of fused-ring (bicyclic) bond motifs is 10. The van der Waals surface area contributed by atoms with Crippen LogP contribution >= 0.6 is 0 Å². The van der Waals surface area contributed by atoms with E-state index >= 15 is 0 Å². The van der Waals surface area contributed by atoms with Crippen LogP contribution in [0.2, 0.25) is 0 Å². The summed E-state index contributed by atoms with van der Waals surface area (Å²) in [7, 11) is 0. The Kier molecular flexibility index (Phi) is 7.82. The van der Waals surface area contributed by atoms with Gasteiger partial charge in [-0.1, -0.05) is 164 Å². The second-order valence-electron chi connectivity index (χ2n) is 16.7. The smallest absolute Gasteiger partial charge is 0.0970 e. The maximum absolute atomic E-state index is 5.46. The van der Waals surface area contributed by atoms with Gasteiger partial charge in [0.15, 0.2) is 0 Å². The summed E-state index contributed by atoms with van der Waals surface area (Å²) in [6.45, 7) is 0. The fraction of sp³-hybridized carbons (Fsp3) is 0.0167. The van der Waals surface area contributed by atoms with Crippen LogP contribution in [0.15, 0.2) is 225 Å². The molecule has 1 aliphatic carbocycles. The molecule has 12 aromatic rings. The minimum absolute atomic E-state index is 0.484. The van der Waals surface area contributed by atoms with Gasteiger partial charge in [-0.15, -0.1) is 0 Å². The molecule has 0 saturated carbocycles. The summed E-state index contributed by atoms with van der Waals surface area (Å²) < 4.78 is 0. The van der Waals surface area contributed by atoms with Crippen molar-refractivity contribution in [2.75, 3.05) is 0 Å². The van der Waals surface area contributed by atoms with E-state index in [-0.39, 0.29) is 0 Å². The molecule has 0 unspecified atom stereocenters. The van der Waals surface area contributed by atoms with Gasteiger partial charge in [-0.2, -0.15) is 0 Å². The number of benzene rings is 9. The maximum Gasteiger partial charge on any atom is 0.0970 e. The zero-order chi connectivity index (χ0) is 41.5. The molecule has 9 aromatic carbocycles. The number of rotatable bonds is 5. The fourth-order valence-corrected chi connectivity index (χ4v) is 10.6. The zero-order valence-corrected chi connectivity index (χ0v) is 34.2. The summed E-state index contributed by atoms with van der Waals surface area (Å²) in [4.78, 5) is 14.9.